The summed E-state index contributed by atoms with van der Waals surface area (Å²) < 4.78 is 8.38. The molecule has 0 unspecified atom stereocenters. The van der Waals surface area contributed by atoms with Gasteiger partial charge in [-0.2, -0.15) is 10.2 Å². The minimum Gasteiger partial charge on any atom is -0.496 e. The number of ether oxygens (including phenoxy) is 1. The molecule has 0 aliphatic carbocycles. The van der Waals surface area contributed by atoms with Crippen molar-refractivity contribution in [3.05, 3.63) is 75.4 Å². The van der Waals surface area contributed by atoms with Crippen LogP contribution in [-0.2, 0) is 13.6 Å². The summed E-state index contributed by atoms with van der Waals surface area (Å²) >= 11 is 0. The molecule has 0 atom stereocenters. The van der Waals surface area contributed by atoms with Crippen molar-refractivity contribution < 1.29 is 14.5 Å². The van der Waals surface area contributed by atoms with Crippen LogP contribution in [0.4, 0.5) is 5.69 Å². The molecule has 2 heterocycles. The van der Waals surface area contributed by atoms with E-state index in [1.54, 1.807) is 37.0 Å². The average molecular weight is 381 g/mol. The van der Waals surface area contributed by atoms with Crippen molar-refractivity contribution in [3.63, 3.8) is 0 Å². The molecule has 0 saturated heterocycles. The molecule has 9 heteroatoms. The first kappa shape index (κ1) is 19.0. The number of aryl methyl sites for hydroxylation is 2. The van der Waals surface area contributed by atoms with Crippen LogP contribution >= 0.6 is 0 Å². The minimum absolute atomic E-state index is 0.0768. The highest BCUT2D eigenvalue weighted by molar-refractivity contribution is 6.05. The van der Waals surface area contributed by atoms with Crippen molar-refractivity contribution >= 4 is 17.5 Å². The number of allylic oxidation sites excluding steroid dienone is 1. The van der Waals surface area contributed by atoms with Crippen LogP contribution < -0.4 is 4.74 Å². The van der Waals surface area contributed by atoms with Gasteiger partial charge in [-0.25, -0.2) is 0 Å². The topological polar surface area (TPSA) is 105 Å². The summed E-state index contributed by atoms with van der Waals surface area (Å²) in [6, 6.07) is 7.19. The molecular weight excluding hydrogens is 362 g/mol. The molecule has 0 N–H and O–H groups in total. The molecule has 1 aromatic carbocycles. The molecule has 9 nitrogen and oxygen atoms in total. The van der Waals surface area contributed by atoms with Gasteiger partial charge in [0.15, 0.2) is 0 Å². The van der Waals surface area contributed by atoms with Crippen LogP contribution in [0.1, 0.15) is 27.3 Å². The Hall–Kier alpha value is -3.75. The third kappa shape index (κ3) is 4.14. The molecule has 2 aromatic heterocycles. The monoisotopic (exact) mass is 381 g/mol. The first-order valence-corrected chi connectivity index (χ1v) is 8.44. The molecule has 3 rings (SSSR count). The van der Waals surface area contributed by atoms with Gasteiger partial charge in [0.2, 0.25) is 5.78 Å². The van der Waals surface area contributed by atoms with Gasteiger partial charge in [-0.1, -0.05) is 12.1 Å². The number of carbonyl (C=O) groups excluding carboxylic acids is 1. The summed E-state index contributed by atoms with van der Waals surface area (Å²) in [7, 11) is 3.27. The Labute approximate surface area is 161 Å². The quantitative estimate of drug-likeness (QED) is 0.270. The van der Waals surface area contributed by atoms with Gasteiger partial charge in [0.1, 0.15) is 23.8 Å². The summed E-state index contributed by atoms with van der Waals surface area (Å²) in [5.74, 6) is 0.479. The molecule has 144 valence electrons. The molecule has 0 radical (unpaired) electrons. The zero-order valence-corrected chi connectivity index (χ0v) is 15.7. The van der Waals surface area contributed by atoms with Gasteiger partial charge in [0, 0.05) is 12.6 Å². The number of carbonyl (C=O) groups is 1. The molecule has 3 aromatic rings. The van der Waals surface area contributed by atoms with E-state index in [0.29, 0.717) is 18.0 Å². The first-order chi connectivity index (χ1) is 13.4. The Morgan fingerprint density at radius 2 is 2.14 bits per heavy atom. The maximum absolute atomic E-state index is 12.4. The first-order valence-electron chi connectivity index (χ1n) is 8.44. The van der Waals surface area contributed by atoms with Gasteiger partial charge in [0.25, 0.3) is 0 Å². The highest BCUT2D eigenvalue weighted by atomic mass is 16.6. The molecular formula is C19H19N5O4. The van der Waals surface area contributed by atoms with E-state index < -0.39 is 4.92 Å². The van der Waals surface area contributed by atoms with Crippen LogP contribution in [0.15, 0.2) is 42.7 Å². The number of ketones is 1. The standard InChI is InChI=1S/C19H19N5O4/c1-13-8-17(22(2)21-13)18(25)6-4-14-5-7-19(28-3)15(9-14)11-23-12-16(10-20-23)24(26)27/h4-10,12H,11H2,1-3H3. The van der Waals surface area contributed by atoms with E-state index in [4.69, 9.17) is 4.74 Å². The maximum atomic E-state index is 12.4. The van der Waals surface area contributed by atoms with Gasteiger partial charge < -0.3 is 4.74 Å². The van der Waals surface area contributed by atoms with E-state index in [1.165, 1.54) is 23.2 Å². The Bertz CT molecular complexity index is 1060. The molecule has 28 heavy (non-hydrogen) atoms. The van der Waals surface area contributed by atoms with Crippen LogP contribution in [0.25, 0.3) is 6.08 Å². The number of nitro groups is 1. The van der Waals surface area contributed by atoms with Gasteiger partial charge in [-0.3, -0.25) is 24.3 Å². The van der Waals surface area contributed by atoms with E-state index in [1.807, 2.05) is 19.1 Å². The van der Waals surface area contributed by atoms with Crippen LogP contribution in [-0.4, -0.2) is 37.4 Å². The zero-order valence-electron chi connectivity index (χ0n) is 15.7. The molecule has 0 amide bonds. The third-order valence-electron chi connectivity index (χ3n) is 4.15. The summed E-state index contributed by atoms with van der Waals surface area (Å²) in [6.45, 7) is 2.13. The predicted octanol–water partition coefficient (Wildman–Crippen LogP) is 2.79. The molecule has 0 spiro atoms. The van der Waals surface area contributed by atoms with Crippen molar-refractivity contribution in [2.24, 2.45) is 7.05 Å². The Kier molecular flexibility index (Phi) is 5.35. The highest BCUT2D eigenvalue weighted by Crippen LogP contribution is 2.22. The minimum atomic E-state index is -0.494. The van der Waals surface area contributed by atoms with Crippen molar-refractivity contribution in [2.45, 2.75) is 13.5 Å². The second-order valence-electron chi connectivity index (χ2n) is 6.22. The zero-order chi connectivity index (χ0) is 20.3. The van der Waals surface area contributed by atoms with Gasteiger partial charge >= 0.3 is 5.69 Å². The summed E-state index contributed by atoms with van der Waals surface area (Å²) in [6.07, 6.45) is 5.75. The van der Waals surface area contributed by atoms with Crippen LogP contribution in [0, 0.1) is 17.0 Å². The molecule has 0 fully saturated rings. The number of hydrogen-bond donors (Lipinski definition) is 0. The third-order valence-corrected chi connectivity index (χ3v) is 4.15. The lowest BCUT2D eigenvalue weighted by atomic mass is 10.1. The van der Waals surface area contributed by atoms with Crippen molar-refractivity contribution in [3.8, 4) is 5.75 Å². The number of rotatable bonds is 7. The predicted molar refractivity (Wildman–Crippen MR) is 102 cm³/mol. The number of benzene rings is 1. The molecule has 0 bridgehead atoms. The Morgan fingerprint density at radius 3 is 2.75 bits per heavy atom. The largest absolute Gasteiger partial charge is 0.496 e. The van der Waals surface area contributed by atoms with Gasteiger partial charge in [-0.15, -0.1) is 0 Å². The fourth-order valence-corrected chi connectivity index (χ4v) is 2.83. The molecule has 0 aliphatic rings. The van der Waals surface area contributed by atoms with E-state index in [-0.39, 0.29) is 11.5 Å². The van der Waals surface area contributed by atoms with E-state index in [9.17, 15) is 14.9 Å². The highest BCUT2D eigenvalue weighted by Gasteiger charge is 2.12. The fourth-order valence-electron chi connectivity index (χ4n) is 2.83. The molecule has 0 aliphatic heterocycles. The number of nitrogens with zero attached hydrogens (tertiary/aromatic N) is 5. The lowest BCUT2D eigenvalue weighted by Crippen LogP contribution is -2.04. The average Bonchev–Trinajstić information content (AvgIpc) is 3.26. The normalized spacial score (nSPS) is 11.1. The lowest BCUT2D eigenvalue weighted by Gasteiger charge is -2.09. The maximum Gasteiger partial charge on any atom is 0.307 e. The van der Waals surface area contributed by atoms with Crippen molar-refractivity contribution in [2.75, 3.05) is 7.11 Å². The van der Waals surface area contributed by atoms with E-state index >= 15 is 0 Å². The van der Waals surface area contributed by atoms with Gasteiger partial charge in [-0.05, 0) is 36.8 Å². The Morgan fingerprint density at radius 1 is 1.36 bits per heavy atom. The number of methoxy groups -OCH3 is 1. The summed E-state index contributed by atoms with van der Waals surface area (Å²) in [4.78, 5) is 22.7. The summed E-state index contributed by atoms with van der Waals surface area (Å²) in [5.41, 5.74) is 2.79. The van der Waals surface area contributed by atoms with Crippen LogP contribution in [0.2, 0.25) is 0 Å². The lowest BCUT2D eigenvalue weighted by molar-refractivity contribution is -0.385. The second-order valence-corrected chi connectivity index (χ2v) is 6.22. The van der Waals surface area contributed by atoms with E-state index in [0.717, 1.165) is 16.8 Å². The summed E-state index contributed by atoms with van der Waals surface area (Å²) in [5, 5.41) is 19.0. The number of aromatic nitrogens is 4. The second kappa shape index (κ2) is 7.87. The SMILES string of the molecule is COc1ccc(C=CC(=O)c2cc(C)nn2C)cc1Cn1cc([N+](=O)[O-])cn1. The Balaban J connectivity index is 1.82. The number of hydrogen-bond acceptors (Lipinski definition) is 6. The van der Waals surface area contributed by atoms with Crippen molar-refractivity contribution in [1.29, 1.82) is 0 Å². The van der Waals surface area contributed by atoms with E-state index in [2.05, 4.69) is 10.2 Å². The fraction of sp³-hybridized carbons (Fsp3) is 0.211. The van der Waals surface area contributed by atoms with Crippen molar-refractivity contribution in [1.82, 2.24) is 19.6 Å². The van der Waals surface area contributed by atoms with Crippen LogP contribution in [0.5, 0.6) is 5.75 Å². The smallest absolute Gasteiger partial charge is 0.307 e. The van der Waals surface area contributed by atoms with Crippen LogP contribution in [0.3, 0.4) is 0 Å². The van der Waals surface area contributed by atoms with Gasteiger partial charge in [0.05, 0.1) is 24.3 Å². The molecule has 0 saturated carbocycles.